The minimum Gasteiger partial charge on any atom is -0.381 e. The Kier molecular flexibility index (Phi) is 8.67. The number of unbranched alkanes of at least 4 members (excludes halogenated alkanes) is 3. The van der Waals surface area contributed by atoms with Gasteiger partial charge in [0.1, 0.15) is 0 Å². The van der Waals surface area contributed by atoms with Crippen LogP contribution in [0.5, 0.6) is 0 Å². The molecule has 19 heavy (non-hydrogen) atoms. The molecule has 0 N–H and O–H groups in total. The number of hydrogen-bond donors (Lipinski definition) is 0. The van der Waals surface area contributed by atoms with Crippen LogP contribution in [0.1, 0.15) is 65.7 Å². The summed E-state index contributed by atoms with van der Waals surface area (Å²) < 4.78 is 16.8. The zero-order valence-corrected chi connectivity index (χ0v) is 13.1. The monoisotopic (exact) mass is 272 g/mol. The Morgan fingerprint density at radius 3 is 2.32 bits per heavy atom. The summed E-state index contributed by atoms with van der Waals surface area (Å²) in [5.74, 6) is 0. The van der Waals surface area contributed by atoms with Gasteiger partial charge in [-0.1, -0.05) is 19.8 Å². The molecule has 0 spiro atoms. The Morgan fingerprint density at radius 2 is 1.74 bits per heavy atom. The molecule has 1 rings (SSSR count). The van der Waals surface area contributed by atoms with Gasteiger partial charge < -0.3 is 14.2 Å². The van der Waals surface area contributed by atoms with Gasteiger partial charge in [-0.15, -0.1) is 0 Å². The van der Waals surface area contributed by atoms with Gasteiger partial charge in [0, 0.05) is 26.4 Å². The van der Waals surface area contributed by atoms with E-state index in [2.05, 4.69) is 20.8 Å². The molecule has 1 unspecified atom stereocenters. The fourth-order valence-corrected chi connectivity index (χ4v) is 1.94. The quantitative estimate of drug-likeness (QED) is 0.503. The molecule has 0 radical (unpaired) electrons. The van der Waals surface area contributed by atoms with Crippen LogP contribution in [-0.2, 0) is 14.2 Å². The molecular weight excluding hydrogens is 240 g/mol. The smallest absolute Gasteiger partial charge is 0.0623 e. The lowest BCUT2D eigenvalue weighted by atomic mass is 10.1. The molecule has 1 atom stereocenters. The van der Waals surface area contributed by atoms with Crippen LogP contribution in [-0.4, -0.2) is 38.1 Å². The molecule has 0 aliphatic carbocycles. The van der Waals surface area contributed by atoms with E-state index in [0.29, 0.717) is 6.10 Å². The van der Waals surface area contributed by atoms with E-state index in [1.54, 1.807) is 0 Å². The first-order valence-corrected chi connectivity index (χ1v) is 7.97. The van der Waals surface area contributed by atoms with E-state index < -0.39 is 0 Å². The van der Waals surface area contributed by atoms with Gasteiger partial charge in [-0.25, -0.2) is 0 Å². The SMILES string of the molecule is CCC(C)(C)OCCCCCCOCCC1CCO1. The molecule has 1 saturated heterocycles. The minimum atomic E-state index is 0.0483. The van der Waals surface area contributed by atoms with Crippen LogP contribution in [0.3, 0.4) is 0 Å². The molecule has 0 amide bonds. The van der Waals surface area contributed by atoms with Crippen molar-refractivity contribution in [1.29, 1.82) is 0 Å². The highest BCUT2D eigenvalue weighted by Gasteiger charge is 2.17. The Hall–Kier alpha value is -0.120. The van der Waals surface area contributed by atoms with Gasteiger partial charge in [0.15, 0.2) is 0 Å². The largest absolute Gasteiger partial charge is 0.381 e. The summed E-state index contributed by atoms with van der Waals surface area (Å²) >= 11 is 0. The second-order valence-electron chi connectivity index (χ2n) is 6.06. The Morgan fingerprint density at radius 1 is 1.05 bits per heavy atom. The molecule has 0 aromatic heterocycles. The lowest BCUT2D eigenvalue weighted by Crippen LogP contribution is -2.27. The fourth-order valence-electron chi connectivity index (χ4n) is 1.94. The van der Waals surface area contributed by atoms with Crippen molar-refractivity contribution in [2.45, 2.75) is 77.4 Å². The molecule has 0 aromatic carbocycles. The Bertz CT molecular complexity index is 212. The second kappa shape index (κ2) is 9.73. The van der Waals surface area contributed by atoms with Crippen LogP contribution in [0, 0.1) is 0 Å². The highest BCUT2D eigenvalue weighted by Crippen LogP contribution is 2.15. The average molecular weight is 272 g/mol. The molecule has 1 heterocycles. The van der Waals surface area contributed by atoms with Crippen LogP contribution in [0.25, 0.3) is 0 Å². The van der Waals surface area contributed by atoms with E-state index in [-0.39, 0.29) is 5.60 Å². The lowest BCUT2D eigenvalue weighted by Gasteiger charge is -2.26. The maximum absolute atomic E-state index is 5.82. The molecule has 1 aliphatic heterocycles. The summed E-state index contributed by atoms with van der Waals surface area (Å²) in [6.07, 6.45) is 8.68. The minimum absolute atomic E-state index is 0.0483. The molecule has 0 aromatic rings. The second-order valence-corrected chi connectivity index (χ2v) is 6.06. The zero-order valence-electron chi connectivity index (χ0n) is 13.1. The first kappa shape index (κ1) is 16.9. The maximum Gasteiger partial charge on any atom is 0.0623 e. The summed E-state index contributed by atoms with van der Waals surface area (Å²) in [6.45, 7) is 10.1. The standard InChI is InChI=1S/C16H32O3/c1-4-16(2,3)19-12-8-6-5-7-11-17-13-9-15-10-14-18-15/h15H,4-14H2,1-3H3. The van der Waals surface area contributed by atoms with Gasteiger partial charge in [-0.05, 0) is 46.0 Å². The van der Waals surface area contributed by atoms with Crippen LogP contribution in [0.4, 0.5) is 0 Å². The lowest BCUT2D eigenvalue weighted by molar-refractivity contribution is -0.0666. The number of ether oxygens (including phenoxy) is 3. The third kappa shape index (κ3) is 8.61. The predicted molar refractivity (Wildman–Crippen MR) is 78.6 cm³/mol. The van der Waals surface area contributed by atoms with Crippen molar-refractivity contribution in [3.63, 3.8) is 0 Å². The normalized spacial score (nSPS) is 19.4. The van der Waals surface area contributed by atoms with Crippen molar-refractivity contribution in [1.82, 2.24) is 0 Å². The van der Waals surface area contributed by atoms with Gasteiger partial charge in [0.25, 0.3) is 0 Å². The van der Waals surface area contributed by atoms with Gasteiger partial charge in [0.2, 0.25) is 0 Å². The van der Waals surface area contributed by atoms with E-state index in [1.165, 1.54) is 32.1 Å². The van der Waals surface area contributed by atoms with E-state index in [4.69, 9.17) is 14.2 Å². The van der Waals surface area contributed by atoms with Crippen molar-refractivity contribution in [3.8, 4) is 0 Å². The highest BCUT2D eigenvalue weighted by atomic mass is 16.5. The number of rotatable bonds is 12. The van der Waals surface area contributed by atoms with E-state index >= 15 is 0 Å². The predicted octanol–water partition coefficient (Wildman–Crippen LogP) is 3.95. The molecule has 3 nitrogen and oxygen atoms in total. The van der Waals surface area contributed by atoms with Crippen LogP contribution >= 0.6 is 0 Å². The summed E-state index contributed by atoms with van der Waals surface area (Å²) in [5, 5.41) is 0. The van der Waals surface area contributed by atoms with Gasteiger partial charge >= 0.3 is 0 Å². The average Bonchev–Trinajstić information content (AvgIpc) is 2.33. The van der Waals surface area contributed by atoms with E-state index in [9.17, 15) is 0 Å². The summed E-state index contributed by atoms with van der Waals surface area (Å²) in [4.78, 5) is 0. The van der Waals surface area contributed by atoms with Crippen LogP contribution in [0.2, 0.25) is 0 Å². The fraction of sp³-hybridized carbons (Fsp3) is 1.00. The maximum atomic E-state index is 5.82. The van der Waals surface area contributed by atoms with Gasteiger partial charge in [-0.3, -0.25) is 0 Å². The van der Waals surface area contributed by atoms with Crippen molar-refractivity contribution in [2.75, 3.05) is 26.4 Å². The van der Waals surface area contributed by atoms with Crippen molar-refractivity contribution >= 4 is 0 Å². The molecule has 0 saturated carbocycles. The van der Waals surface area contributed by atoms with E-state index in [0.717, 1.165) is 39.3 Å². The van der Waals surface area contributed by atoms with Crippen molar-refractivity contribution in [2.24, 2.45) is 0 Å². The zero-order chi connectivity index (χ0) is 14.0. The van der Waals surface area contributed by atoms with Crippen LogP contribution in [0.15, 0.2) is 0 Å². The topological polar surface area (TPSA) is 27.7 Å². The molecular formula is C16H32O3. The van der Waals surface area contributed by atoms with Gasteiger partial charge in [0.05, 0.1) is 11.7 Å². The third-order valence-corrected chi connectivity index (χ3v) is 3.90. The summed E-state index contributed by atoms with van der Waals surface area (Å²) in [6, 6.07) is 0. The molecule has 1 aliphatic rings. The third-order valence-electron chi connectivity index (χ3n) is 3.90. The summed E-state index contributed by atoms with van der Waals surface area (Å²) in [7, 11) is 0. The van der Waals surface area contributed by atoms with Crippen LogP contribution < -0.4 is 0 Å². The van der Waals surface area contributed by atoms with Crippen molar-refractivity contribution < 1.29 is 14.2 Å². The highest BCUT2D eigenvalue weighted by molar-refractivity contribution is 4.65. The molecule has 114 valence electrons. The van der Waals surface area contributed by atoms with Gasteiger partial charge in [-0.2, -0.15) is 0 Å². The molecule has 0 bridgehead atoms. The first-order valence-electron chi connectivity index (χ1n) is 7.97. The number of hydrogen-bond acceptors (Lipinski definition) is 3. The van der Waals surface area contributed by atoms with E-state index in [1.807, 2.05) is 0 Å². The Labute approximate surface area is 119 Å². The van der Waals surface area contributed by atoms with Crippen molar-refractivity contribution in [3.05, 3.63) is 0 Å². The molecule has 1 fully saturated rings. The first-order chi connectivity index (χ1) is 9.14. The molecule has 3 heteroatoms. The summed E-state index contributed by atoms with van der Waals surface area (Å²) in [5.41, 5.74) is 0.0483. The Balaban J connectivity index is 1.73.